The van der Waals surface area contributed by atoms with Gasteiger partial charge < -0.3 is 0 Å². The van der Waals surface area contributed by atoms with E-state index < -0.39 is 0 Å². The molecule has 132 valence electrons. The molecule has 1 aromatic carbocycles. The molecule has 1 aliphatic carbocycles. The van der Waals surface area contributed by atoms with E-state index in [-0.39, 0.29) is 5.91 Å². The van der Waals surface area contributed by atoms with Crippen molar-refractivity contribution < 1.29 is 4.79 Å². The van der Waals surface area contributed by atoms with Crippen molar-refractivity contribution in [1.82, 2.24) is 5.43 Å². The standard InChI is InChI=1S/C20H30N2OS/c1-15-7-5-6-8-16(15)13-24-14-19(23)22-21-18-11-9-17(10-12-18)20(2,3)4/h5-8,17H,9-14H2,1-4H3,(H,22,23). The van der Waals surface area contributed by atoms with Crippen LogP contribution in [-0.2, 0) is 10.5 Å². The first-order chi connectivity index (χ1) is 11.4. The second-order valence-corrected chi connectivity index (χ2v) is 8.76. The number of carbonyl (C=O) groups is 1. The average Bonchev–Trinajstić information content (AvgIpc) is 2.54. The van der Waals surface area contributed by atoms with Gasteiger partial charge in [0.25, 0.3) is 0 Å². The van der Waals surface area contributed by atoms with Gasteiger partial charge in [0.05, 0.1) is 5.75 Å². The number of carbonyl (C=O) groups excluding carboxylic acids is 1. The SMILES string of the molecule is Cc1ccccc1CSCC(=O)NN=C1CCC(C(C)(C)C)CC1. The Kier molecular flexibility index (Phi) is 6.90. The third-order valence-corrected chi connectivity index (χ3v) is 5.86. The summed E-state index contributed by atoms with van der Waals surface area (Å²) in [7, 11) is 0. The minimum absolute atomic E-state index is 0.000899. The molecule has 0 saturated heterocycles. The van der Waals surface area contributed by atoms with Crippen LogP contribution in [0.5, 0.6) is 0 Å². The molecule has 1 amide bonds. The first-order valence-electron chi connectivity index (χ1n) is 8.83. The first-order valence-corrected chi connectivity index (χ1v) is 9.98. The Labute approximate surface area is 150 Å². The minimum atomic E-state index is -0.000899. The summed E-state index contributed by atoms with van der Waals surface area (Å²) in [5.74, 6) is 2.08. The fraction of sp³-hybridized carbons (Fsp3) is 0.600. The van der Waals surface area contributed by atoms with E-state index in [2.05, 4.69) is 50.4 Å². The van der Waals surface area contributed by atoms with Crippen LogP contribution in [-0.4, -0.2) is 17.4 Å². The van der Waals surface area contributed by atoms with Crippen molar-refractivity contribution in [3.8, 4) is 0 Å². The smallest absolute Gasteiger partial charge is 0.250 e. The van der Waals surface area contributed by atoms with E-state index in [1.165, 1.54) is 24.0 Å². The van der Waals surface area contributed by atoms with E-state index >= 15 is 0 Å². The van der Waals surface area contributed by atoms with Gasteiger partial charge in [0.1, 0.15) is 0 Å². The zero-order chi connectivity index (χ0) is 17.6. The van der Waals surface area contributed by atoms with Crippen molar-refractivity contribution in [2.75, 3.05) is 5.75 Å². The van der Waals surface area contributed by atoms with Crippen molar-refractivity contribution in [1.29, 1.82) is 0 Å². The van der Waals surface area contributed by atoms with Gasteiger partial charge in [-0.25, -0.2) is 5.43 Å². The normalized spacial score (nSPS) is 18.3. The van der Waals surface area contributed by atoms with E-state index in [9.17, 15) is 4.79 Å². The van der Waals surface area contributed by atoms with Crippen molar-refractivity contribution in [3.63, 3.8) is 0 Å². The Morgan fingerprint density at radius 2 is 1.92 bits per heavy atom. The van der Waals surface area contributed by atoms with Gasteiger partial charge in [0.15, 0.2) is 0 Å². The number of amides is 1. The summed E-state index contributed by atoms with van der Waals surface area (Å²) in [4.78, 5) is 11.9. The van der Waals surface area contributed by atoms with Crippen LogP contribution in [0.4, 0.5) is 0 Å². The van der Waals surface area contributed by atoms with Crippen LogP contribution in [0.2, 0.25) is 0 Å². The van der Waals surface area contributed by atoms with Gasteiger partial charge in [-0.2, -0.15) is 5.10 Å². The maximum Gasteiger partial charge on any atom is 0.250 e. The first kappa shape index (κ1) is 19.0. The molecule has 24 heavy (non-hydrogen) atoms. The van der Waals surface area contributed by atoms with E-state index in [1.807, 2.05) is 12.1 Å². The highest BCUT2D eigenvalue weighted by atomic mass is 32.2. The molecular weight excluding hydrogens is 316 g/mol. The fourth-order valence-corrected chi connectivity index (χ4v) is 4.02. The van der Waals surface area contributed by atoms with Crippen LogP contribution in [0.25, 0.3) is 0 Å². The number of aryl methyl sites for hydroxylation is 1. The molecule has 0 aliphatic heterocycles. The summed E-state index contributed by atoms with van der Waals surface area (Å²) < 4.78 is 0. The third-order valence-electron chi connectivity index (χ3n) is 4.88. The Morgan fingerprint density at radius 1 is 1.25 bits per heavy atom. The van der Waals surface area contributed by atoms with Crippen LogP contribution in [0.1, 0.15) is 57.6 Å². The lowest BCUT2D eigenvalue weighted by molar-refractivity contribution is -0.118. The molecule has 0 bridgehead atoms. The number of nitrogens with zero attached hydrogens (tertiary/aromatic N) is 1. The Hall–Kier alpha value is -1.29. The molecule has 0 spiro atoms. The summed E-state index contributed by atoms with van der Waals surface area (Å²) in [5, 5.41) is 4.35. The summed E-state index contributed by atoms with van der Waals surface area (Å²) in [6.07, 6.45) is 4.39. The molecule has 4 heteroatoms. The van der Waals surface area contributed by atoms with Gasteiger partial charge >= 0.3 is 0 Å². The van der Waals surface area contributed by atoms with Gasteiger partial charge in [-0.15, -0.1) is 11.8 Å². The fourth-order valence-electron chi connectivity index (χ4n) is 3.13. The van der Waals surface area contributed by atoms with Gasteiger partial charge in [-0.1, -0.05) is 45.0 Å². The molecule has 1 saturated carbocycles. The Balaban J connectivity index is 1.69. The molecule has 1 N–H and O–H groups in total. The predicted molar refractivity (Wildman–Crippen MR) is 104 cm³/mol. The van der Waals surface area contributed by atoms with Crippen LogP contribution in [0.15, 0.2) is 29.4 Å². The highest BCUT2D eigenvalue weighted by Crippen LogP contribution is 2.36. The van der Waals surface area contributed by atoms with Gasteiger partial charge in [-0.3, -0.25) is 4.79 Å². The van der Waals surface area contributed by atoms with Crippen molar-refractivity contribution in [2.45, 2.75) is 59.1 Å². The molecule has 1 aliphatic rings. The van der Waals surface area contributed by atoms with Crippen molar-refractivity contribution >= 4 is 23.4 Å². The average molecular weight is 347 g/mol. The number of rotatable bonds is 5. The van der Waals surface area contributed by atoms with Crippen LogP contribution in [0.3, 0.4) is 0 Å². The molecule has 1 fully saturated rings. The minimum Gasteiger partial charge on any atom is -0.272 e. The van der Waals surface area contributed by atoms with Crippen LogP contribution in [0, 0.1) is 18.3 Å². The van der Waals surface area contributed by atoms with E-state index in [1.54, 1.807) is 11.8 Å². The van der Waals surface area contributed by atoms with Gasteiger partial charge in [-0.05, 0) is 55.1 Å². The topological polar surface area (TPSA) is 41.5 Å². The molecular formula is C20H30N2OS. The zero-order valence-corrected chi connectivity index (χ0v) is 16.2. The number of hydrogen-bond acceptors (Lipinski definition) is 3. The lowest BCUT2D eigenvalue weighted by Crippen LogP contribution is -2.28. The summed E-state index contributed by atoms with van der Waals surface area (Å²) in [5.41, 5.74) is 6.83. The molecule has 0 aromatic heterocycles. The predicted octanol–water partition coefficient (Wildman–Crippen LogP) is 4.94. The molecule has 0 atom stereocenters. The lowest BCUT2D eigenvalue weighted by Gasteiger charge is -2.34. The van der Waals surface area contributed by atoms with Crippen molar-refractivity contribution in [3.05, 3.63) is 35.4 Å². The van der Waals surface area contributed by atoms with E-state index in [0.29, 0.717) is 11.2 Å². The highest BCUT2D eigenvalue weighted by Gasteiger charge is 2.28. The lowest BCUT2D eigenvalue weighted by atomic mass is 9.72. The highest BCUT2D eigenvalue weighted by molar-refractivity contribution is 7.99. The van der Waals surface area contributed by atoms with Crippen LogP contribution < -0.4 is 5.43 Å². The molecule has 0 unspecified atom stereocenters. The maximum absolute atomic E-state index is 11.9. The van der Waals surface area contributed by atoms with Crippen LogP contribution >= 0.6 is 11.8 Å². The number of hydrogen-bond donors (Lipinski definition) is 1. The monoisotopic (exact) mass is 346 g/mol. The second-order valence-electron chi connectivity index (χ2n) is 7.77. The number of thioether (sulfide) groups is 1. The van der Waals surface area contributed by atoms with Crippen molar-refractivity contribution in [2.24, 2.45) is 16.4 Å². The van der Waals surface area contributed by atoms with Gasteiger partial charge in [0, 0.05) is 11.5 Å². The molecule has 1 aromatic rings. The second kappa shape index (κ2) is 8.70. The van der Waals surface area contributed by atoms with E-state index in [0.717, 1.165) is 30.2 Å². The zero-order valence-electron chi connectivity index (χ0n) is 15.4. The number of hydrazone groups is 1. The Bertz CT molecular complexity index is 580. The maximum atomic E-state index is 11.9. The summed E-state index contributed by atoms with van der Waals surface area (Å²) in [6.45, 7) is 9.05. The quantitative estimate of drug-likeness (QED) is 0.768. The van der Waals surface area contributed by atoms with Gasteiger partial charge in [0.2, 0.25) is 5.91 Å². The molecule has 0 heterocycles. The number of nitrogens with one attached hydrogen (secondary N) is 1. The molecule has 0 radical (unpaired) electrons. The third kappa shape index (κ3) is 5.97. The molecule has 2 rings (SSSR count). The van der Waals surface area contributed by atoms with E-state index in [4.69, 9.17) is 0 Å². The summed E-state index contributed by atoms with van der Waals surface area (Å²) in [6, 6.07) is 8.31. The Morgan fingerprint density at radius 3 is 2.54 bits per heavy atom. The number of benzene rings is 1. The largest absolute Gasteiger partial charge is 0.272 e. The molecule has 3 nitrogen and oxygen atoms in total. The summed E-state index contributed by atoms with van der Waals surface area (Å²) >= 11 is 1.64.